The molecule has 10 nitrogen and oxygen atoms in total. The third-order valence-electron chi connectivity index (χ3n) is 8.09. The van der Waals surface area contributed by atoms with E-state index in [0.29, 0.717) is 45.8 Å². The Bertz CT molecular complexity index is 1880. The molecule has 244 valence electrons. The lowest BCUT2D eigenvalue weighted by atomic mass is 9.93. The molecule has 3 aromatic carbocycles. The second kappa shape index (κ2) is 13.0. The van der Waals surface area contributed by atoms with Crippen LogP contribution in [0.5, 0.6) is 5.75 Å². The Morgan fingerprint density at radius 1 is 1.04 bits per heavy atom. The number of piperazine rings is 1. The number of aliphatic hydroxyl groups excluding tert-OH is 1. The largest absolute Gasteiger partial charge is 0.487 e. The topological polar surface area (TPSA) is 127 Å². The van der Waals surface area contributed by atoms with Gasteiger partial charge in [-0.1, -0.05) is 47.5 Å². The predicted molar refractivity (Wildman–Crippen MR) is 181 cm³/mol. The lowest BCUT2D eigenvalue weighted by molar-refractivity contribution is -0.123. The van der Waals surface area contributed by atoms with Crippen LogP contribution in [0.4, 0.5) is 4.79 Å². The quantitative estimate of drug-likeness (QED) is 0.198. The molecule has 0 radical (unpaired) electrons. The van der Waals surface area contributed by atoms with Gasteiger partial charge in [-0.15, -0.1) is 0 Å². The van der Waals surface area contributed by atoms with Gasteiger partial charge in [-0.2, -0.15) is 0 Å². The average Bonchev–Trinajstić information content (AvgIpc) is 3.61. The molecule has 0 saturated carbocycles. The lowest BCUT2D eigenvalue weighted by Gasteiger charge is -2.36. The number of nitrogens with one attached hydrogen (secondary N) is 2. The number of halogens is 2. The molecule has 0 aliphatic carbocycles. The molecular weight excluding hydrogens is 641 g/mol. The maximum Gasteiger partial charge on any atom is 0.326 e. The van der Waals surface area contributed by atoms with Crippen molar-refractivity contribution in [3.63, 3.8) is 0 Å². The van der Waals surface area contributed by atoms with Gasteiger partial charge in [0, 0.05) is 57.8 Å². The van der Waals surface area contributed by atoms with Gasteiger partial charge >= 0.3 is 6.03 Å². The second-order valence-electron chi connectivity index (χ2n) is 12.6. The number of H-pyrrole nitrogens is 1. The summed E-state index contributed by atoms with van der Waals surface area (Å²) in [5.41, 5.74) is 2.62. The molecule has 47 heavy (non-hydrogen) atoms. The van der Waals surface area contributed by atoms with Crippen LogP contribution in [-0.4, -0.2) is 75.3 Å². The smallest absolute Gasteiger partial charge is 0.326 e. The number of urea groups is 1. The molecule has 0 spiro atoms. The van der Waals surface area contributed by atoms with Crippen molar-refractivity contribution >= 4 is 57.7 Å². The number of Topliss-reactive ketones (excluding diaryl/α,β-unsaturated/α-hetero) is 1. The molecule has 2 atom stereocenters. The second-order valence-corrected chi connectivity index (χ2v) is 13.4. The molecule has 0 bridgehead atoms. The Labute approximate surface area is 282 Å². The van der Waals surface area contributed by atoms with E-state index >= 15 is 0 Å². The number of amidine groups is 1. The van der Waals surface area contributed by atoms with E-state index in [-0.39, 0.29) is 31.3 Å². The molecule has 2 aliphatic heterocycles. The highest BCUT2D eigenvalue weighted by molar-refractivity contribution is 6.31. The number of rotatable bonds is 7. The van der Waals surface area contributed by atoms with Crippen LogP contribution in [0.15, 0.2) is 71.9 Å². The van der Waals surface area contributed by atoms with Gasteiger partial charge in [0.15, 0.2) is 5.78 Å². The number of carbonyl (C=O) groups is 3. The minimum atomic E-state index is -0.669. The minimum Gasteiger partial charge on any atom is -0.487 e. The number of fused-ring (bicyclic) bond motifs is 1. The number of nitrogens with zero attached hydrogens (tertiary/aromatic N) is 3. The van der Waals surface area contributed by atoms with E-state index in [0.717, 1.165) is 22.0 Å². The van der Waals surface area contributed by atoms with Gasteiger partial charge in [0.1, 0.15) is 29.8 Å². The molecule has 2 unspecified atom stereocenters. The highest BCUT2D eigenvalue weighted by Crippen LogP contribution is 2.47. The summed E-state index contributed by atoms with van der Waals surface area (Å²) in [5.74, 6) is 0.191. The van der Waals surface area contributed by atoms with Crippen molar-refractivity contribution in [2.24, 2.45) is 4.99 Å². The number of amides is 3. The number of ether oxygens (including phenoxy) is 1. The first-order valence-electron chi connectivity index (χ1n) is 15.4. The van der Waals surface area contributed by atoms with Crippen LogP contribution in [-0.2, 0) is 4.79 Å². The molecular formula is C35H35Cl2N5O5. The average molecular weight is 677 g/mol. The van der Waals surface area contributed by atoms with E-state index in [9.17, 15) is 19.5 Å². The van der Waals surface area contributed by atoms with E-state index in [1.54, 1.807) is 41.3 Å². The standard InChI is InChI=1S/C35H35Cl2N5O5/c1-35(2,3)47-29-16-21(28(44)12-15-43)6-10-25(29)33-40-31(20-4-7-22(36)8-5-20)32(26-18-39-27-17-23(37)9-11-24(26)27)42(33)34(46)41-14-13-38-30(45)19-41/h4-11,16-18,31-32,39,43H,12-15,19H2,1-3H3,(H,38,45). The Kier molecular flexibility index (Phi) is 9.02. The normalized spacial score (nSPS) is 18.3. The maximum atomic E-state index is 14.7. The minimum absolute atomic E-state index is 0.0395. The zero-order valence-electron chi connectivity index (χ0n) is 26.2. The summed E-state index contributed by atoms with van der Waals surface area (Å²) in [5, 5.41) is 14.2. The van der Waals surface area contributed by atoms with Crippen molar-refractivity contribution in [2.45, 2.75) is 44.9 Å². The lowest BCUT2D eigenvalue weighted by Crippen LogP contribution is -2.55. The first-order chi connectivity index (χ1) is 22.4. The number of aliphatic imine (C=N–C) groups is 1. The SMILES string of the molecule is CC(C)(C)Oc1cc(C(=O)CCO)ccc1C1=NC(c2ccc(Cl)cc2)C(c2c[nH]c3cc(Cl)ccc23)N1C(=O)N1CCNC(=O)C1. The van der Waals surface area contributed by atoms with E-state index in [1.807, 2.05) is 51.2 Å². The number of hydrogen-bond donors (Lipinski definition) is 3. The molecule has 6 rings (SSSR count). The van der Waals surface area contributed by atoms with Crippen LogP contribution in [0.1, 0.15) is 66.3 Å². The highest BCUT2D eigenvalue weighted by atomic mass is 35.5. The number of hydrogen-bond acceptors (Lipinski definition) is 6. The molecule has 1 aromatic heterocycles. The molecule has 3 N–H and O–H groups in total. The van der Waals surface area contributed by atoms with Gasteiger partial charge in [0.2, 0.25) is 5.91 Å². The Hall–Kier alpha value is -4.38. The fourth-order valence-corrected chi connectivity index (χ4v) is 6.33. The fourth-order valence-electron chi connectivity index (χ4n) is 6.03. The van der Waals surface area contributed by atoms with Crippen LogP contribution in [0, 0.1) is 0 Å². The highest BCUT2D eigenvalue weighted by Gasteiger charge is 2.46. The van der Waals surface area contributed by atoms with Gasteiger partial charge in [0.05, 0.1) is 18.2 Å². The van der Waals surface area contributed by atoms with Crippen molar-refractivity contribution in [1.82, 2.24) is 20.1 Å². The van der Waals surface area contributed by atoms with Crippen molar-refractivity contribution in [3.8, 4) is 5.75 Å². The molecule has 4 aromatic rings. The van der Waals surface area contributed by atoms with E-state index < -0.39 is 23.7 Å². The monoisotopic (exact) mass is 675 g/mol. The predicted octanol–water partition coefficient (Wildman–Crippen LogP) is 6.31. The Balaban J connectivity index is 1.59. The summed E-state index contributed by atoms with van der Waals surface area (Å²) in [4.78, 5) is 51.8. The maximum absolute atomic E-state index is 14.7. The summed E-state index contributed by atoms with van der Waals surface area (Å²) in [6, 6.07) is 16.3. The van der Waals surface area contributed by atoms with Gasteiger partial charge in [-0.3, -0.25) is 19.5 Å². The molecule has 12 heteroatoms. The number of aromatic nitrogens is 1. The number of aromatic amines is 1. The molecule has 3 amide bonds. The van der Waals surface area contributed by atoms with E-state index in [1.165, 1.54) is 4.90 Å². The molecule has 2 aliphatic rings. The first-order valence-corrected chi connectivity index (χ1v) is 16.1. The van der Waals surface area contributed by atoms with Crippen LogP contribution in [0.2, 0.25) is 10.0 Å². The Morgan fingerprint density at radius 3 is 2.49 bits per heavy atom. The van der Waals surface area contributed by atoms with Crippen LogP contribution >= 0.6 is 23.2 Å². The molecule has 1 fully saturated rings. The number of carbonyl (C=O) groups excluding carboxylic acids is 3. The first kappa shape index (κ1) is 32.6. The zero-order valence-corrected chi connectivity index (χ0v) is 27.7. The van der Waals surface area contributed by atoms with Crippen molar-refractivity contribution < 1.29 is 24.2 Å². The van der Waals surface area contributed by atoms with Crippen molar-refractivity contribution in [3.05, 3.63) is 99.2 Å². The van der Waals surface area contributed by atoms with Crippen molar-refractivity contribution in [2.75, 3.05) is 26.2 Å². The summed E-state index contributed by atoms with van der Waals surface area (Å²) in [6.07, 6.45) is 1.82. The van der Waals surface area contributed by atoms with Gasteiger partial charge in [0.25, 0.3) is 0 Å². The molecule has 3 heterocycles. The van der Waals surface area contributed by atoms with Crippen LogP contribution in [0.25, 0.3) is 10.9 Å². The van der Waals surface area contributed by atoms with Crippen LogP contribution in [0.3, 0.4) is 0 Å². The van der Waals surface area contributed by atoms with Crippen LogP contribution < -0.4 is 10.1 Å². The zero-order chi connectivity index (χ0) is 33.5. The summed E-state index contributed by atoms with van der Waals surface area (Å²) < 4.78 is 6.42. The van der Waals surface area contributed by atoms with Gasteiger partial charge < -0.3 is 25.0 Å². The number of aliphatic hydroxyl groups is 1. The number of benzene rings is 3. The fraction of sp³-hybridized carbons (Fsp3) is 0.314. The summed E-state index contributed by atoms with van der Waals surface area (Å²) >= 11 is 12.6. The number of ketones is 1. The summed E-state index contributed by atoms with van der Waals surface area (Å²) in [7, 11) is 0. The van der Waals surface area contributed by atoms with Crippen molar-refractivity contribution in [1.29, 1.82) is 0 Å². The molecule has 1 saturated heterocycles. The summed E-state index contributed by atoms with van der Waals surface area (Å²) in [6.45, 7) is 5.92. The third kappa shape index (κ3) is 6.72. The Morgan fingerprint density at radius 2 is 1.79 bits per heavy atom. The van der Waals surface area contributed by atoms with E-state index in [2.05, 4.69) is 10.3 Å². The van der Waals surface area contributed by atoms with Gasteiger partial charge in [-0.25, -0.2) is 4.79 Å². The third-order valence-corrected chi connectivity index (χ3v) is 8.57. The van der Waals surface area contributed by atoms with E-state index in [4.69, 9.17) is 32.9 Å². The van der Waals surface area contributed by atoms with Gasteiger partial charge in [-0.05, 0) is 62.7 Å².